The lowest BCUT2D eigenvalue weighted by Gasteiger charge is -2.25. The quantitative estimate of drug-likeness (QED) is 0.311. The van der Waals surface area contributed by atoms with Crippen molar-refractivity contribution in [3.05, 3.63) is 45.6 Å². The molecule has 0 radical (unpaired) electrons. The molecule has 0 heterocycles. The van der Waals surface area contributed by atoms with Crippen LogP contribution in [0.15, 0.2) is 29.1 Å². The van der Waals surface area contributed by atoms with Crippen molar-refractivity contribution in [2.45, 2.75) is 65.6 Å². The van der Waals surface area contributed by atoms with Crippen molar-refractivity contribution >= 4 is 23.5 Å². The number of aliphatic carboxylic acids is 1. The maximum atomic E-state index is 13.7. The number of carbonyl (C=O) groups excluding carboxylic acids is 2. The highest BCUT2D eigenvalue weighted by atomic mass is 16.5. The van der Waals surface area contributed by atoms with Gasteiger partial charge in [-0.3, -0.25) is 14.4 Å². The Morgan fingerprint density at radius 3 is 2.10 bits per heavy atom. The van der Waals surface area contributed by atoms with Crippen LogP contribution in [0.4, 0.5) is 5.69 Å². The standard InChI is InChI=1S/C31H41N3O8/c1-15(2)26(30(37)34-27(16(3)4)31(38)39)33-22-12-10-19-20(14-23(22)36)21(32-17(5)35)11-9-18-13-24(40-6)28(41-7)29(42-8)25(18)19/h10,12-16,21,26-27H,9,11H2,1-8H3,(H,32,35)(H,33,36)(H,34,37)(H,38,39)/t21-,26-,27-/m0/s1. The summed E-state index contributed by atoms with van der Waals surface area (Å²) in [5, 5.41) is 18.2. The van der Waals surface area contributed by atoms with E-state index in [9.17, 15) is 24.3 Å². The van der Waals surface area contributed by atoms with E-state index in [1.807, 2.05) is 6.07 Å². The fourth-order valence-electron chi connectivity index (χ4n) is 5.29. The number of anilines is 1. The maximum Gasteiger partial charge on any atom is 0.326 e. The third kappa shape index (κ3) is 6.78. The van der Waals surface area contributed by atoms with Gasteiger partial charge in [0, 0.05) is 12.5 Å². The van der Waals surface area contributed by atoms with Crippen LogP contribution in [0.2, 0.25) is 0 Å². The molecule has 11 nitrogen and oxygen atoms in total. The molecule has 0 bridgehead atoms. The molecule has 228 valence electrons. The predicted molar refractivity (Wildman–Crippen MR) is 159 cm³/mol. The number of aryl methyl sites for hydroxylation is 1. The number of benzene rings is 1. The van der Waals surface area contributed by atoms with E-state index >= 15 is 0 Å². The van der Waals surface area contributed by atoms with Gasteiger partial charge in [-0.1, -0.05) is 33.8 Å². The van der Waals surface area contributed by atoms with Crippen molar-refractivity contribution in [3.8, 4) is 28.4 Å². The van der Waals surface area contributed by atoms with E-state index in [1.54, 1.807) is 39.8 Å². The highest BCUT2D eigenvalue weighted by Gasteiger charge is 2.31. The Hall–Kier alpha value is -4.28. The first kappa shape index (κ1) is 32.2. The molecule has 0 spiro atoms. The number of carbonyl (C=O) groups is 3. The van der Waals surface area contributed by atoms with Crippen LogP contribution in [0, 0.1) is 11.8 Å². The van der Waals surface area contributed by atoms with Crippen LogP contribution < -0.4 is 35.6 Å². The molecule has 1 aliphatic rings. The first-order valence-corrected chi connectivity index (χ1v) is 13.9. The van der Waals surface area contributed by atoms with Gasteiger partial charge in [-0.05, 0) is 59.6 Å². The first-order valence-electron chi connectivity index (χ1n) is 13.9. The number of nitrogens with one attached hydrogen (secondary N) is 3. The summed E-state index contributed by atoms with van der Waals surface area (Å²) in [4.78, 5) is 50.8. The minimum Gasteiger partial charge on any atom is -0.493 e. The second kappa shape index (κ2) is 13.6. The van der Waals surface area contributed by atoms with Gasteiger partial charge in [-0.2, -0.15) is 0 Å². The van der Waals surface area contributed by atoms with Gasteiger partial charge < -0.3 is 35.3 Å². The minimum atomic E-state index is -1.14. The van der Waals surface area contributed by atoms with Crippen LogP contribution in [-0.2, 0) is 20.8 Å². The van der Waals surface area contributed by atoms with E-state index in [0.29, 0.717) is 46.8 Å². The molecule has 0 aromatic heterocycles. The van der Waals surface area contributed by atoms with Gasteiger partial charge in [0.15, 0.2) is 11.5 Å². The van der Waals surface area contributed by atoms with Gasteiger partial charge in [0.25, 0.3) is 0 Å². The predicted octanol–water partition coefficient (Wildman–Crippen LogP) is 3.52. The normalized spacial score (nSPS) is 15.4. The van der Waals surface area contributed by atoms with E-state index in [2.05, 4.69) is 16.0 Å². The summed E-state index contributed by atoms with van der Waals surface area (Å²) in [6.07, 6.45) is 1.07. The number of fused-ring (bicyclic) bond motifs is 3. The van der Waals surface area contributed by atoms with E-state index in [-0.39, 0.29) is 23.4 Å². The number of rotatable bonds is 11. The van der Waals surface area contributed by atoms with E-state index in [1.165, 1.54) is 34.3 Å². The average Bonchev–Trinajstić information content (AvgIpc) is 3.16. The highest BCUT2D eigenvalue weighted by Crippen LogP contribution is 2.50. The van der Waals surface area contributed by atoms with Crippen LogP contribution in [-0.4, -0.2) is 56.3 Å². The number of methoxy groups -OCH3 is 3. The number of hydrogen-bond acceptors (Lipinski definition) is 8. The molecule has 42 heavy (non-hydrogen) atoms. The summed E-state index contributed by atoms with van der Waals surface area (Å²) in [5.74, 6) is -1.21. The van der Waals surface area contributed by atoms with Crippen LogP contribution in [0.5, 0.6) is 17.2 Å². The summed E-state index contributed by atoms with van der Waals surface area (Å²) in [6.45, 7) is 8.45. The van der Waals surface area contributed by atoms with Gasteiger partial charge in [0.2, 0.25) is 23.0 Å². The molecular weight excluding hydrogens is 542 g/mol. The first-order chi connectivity index (χ1) is 19.8. The Morgan fingerprint density at radius 1 is 0.929 bits per heavy atom. The lowest BCUT2D eigenvalue weighted by atomic mass is 9.95. The molecule has 0 unspecified atom stereocenters. The molecule has 2 amide bonds. The number of amides is 2. The summed E-state index contributed by atoms with van der Waals surface area (Å²) in [7, 11) is 4.57. The van der Waals surface area contributed by atoms with Crippen LogP contribution in [0.1, 0.15) is 58.2 Å². The SMILES string of the molecule is COc1cc2c(c(OC)c1OC)-c1ccc(N[C@H](C(=O)N[C@H](C(=O)O)C(C)C)C(C)C)c(=O)cc1[C@@H](NC(C)=O)CC2. The third-order valence-electron chi connectivity index (χ3n) is 7.41. The van der Waals surface area contributed by atoms with E-state index in [4.69, 9.17) is 14.2 Å². The van der Waals surface area contributed by atoms with Crippen LogP contribution >= 0.6 is 0 Å². The van der Waals surface area contributed by atoms with Gasteiger partial charge >= 0.3 is 5.97 Å². The molecule has 2 aromatic carbocycles. The zero-order chi connectivity index (χ0) is 31.3. The molecule has 4 N–H and O–H groups in total. The van der Waals surface area contributed by atoms with Crippen molar-refractivity contribution in [2.75, 3.05) is 26.6 Å². The molecule has 0 saturated heterocycles. The van der Waals surface area contributed by atoms with Crippen molar-refractivity contribution in [2.24, 2.45) is 11.8 Å². The van der Waals surface area contributed by atoms with Crippen molar-refractivity contribution < 1.29 is 33.7 Å². The third-order valence-corrected chi connectivity index (χ3v) is 7.41. The molecule has 0 fully saturated rings. The van der Waals surface area contributed by atoms with Crippen LogP contribution in [0.3, 0.4) is 0 Å². The molecule has 11 heteroatoms. The summed E-state index contributed by atoms with van der Waals surface area (Å²) in [5.41, 5.74) is 2.59. The number of ether oxygens (including phenoxy) is 3. The van der Waals surface area contributed by atoms with Gasteiger partial charge in [-0.15, -0.1) is 0 Å². The number of carboxylic acid groups (broad SMARTS) is 1. The second-order valence-corrected chi connectivity index (χ2v) is 11.0. The Balaban J connectivity index is 2.21. The Bertz CT molecular complexity index is 1410. The summed E-state index contributed by atoms with van der Waals surface area (Å²) in [6, 6.07) is 4.24. The summed E-state index contributed by atoms with van der Waals surface area (Å²) < 4.78 is 17.0. The average molecular weight is 584 g/mol. The molecule has 2 aromatic rings. The van der Waals surface area contributed by atoms with Crippen molar-refractivity contribution in [1.29, 1.82) is 0 Å². The highest BCUT2D eigenvalue weighted by molar-refractivity contribution is 5.89. The lowest BCUT2D eigenvalue weighted by Crippen LogP contribution is -2.51. The Morgan fingerprint density at radius 2 is 1.57 bits per heavy atom. The Kier molecular flexibility index (Phi) is 10.4. The van der Waals surface area contributed by atoms with Crippen LogP contribution in [0.25, 0.3) is 11.1 Å². The molecular formula is C31H41N3O8. The molecule has 0 aliphatic heterocycles. The largest absolute Gasteiger partial charge is 0.493 e. The topological polar surface area (TPSA) is 152 Å². The smallest absolute Gasteiger partial charge is 0.326 e. The fourth-order valence-corrected chi connectivity index (χ4v) is 5.29. The van der Waals surface area contributed by atoms with Crippen molar-refractivity contribution in [1.82, 2.24) is 10.6 Å². The van der Waals surface area contributed by atoms with Crippen molar-refractivity contribution in [3.63, 3.8) is 0 Å². The maximum absolute atomic E-state index is 13.7. The monoisotopic (exact) mass is 583 g/mol. The van der Waals surface area contributed by atoms with Gasteiger partial charge in [-0.25, -0.2) is 4.79 Å². The second-order valence-electron chi connectivity index (χ2n) is 11.0. The van der Waals surface area contributed by atoms with E-state index in [0.717, 1.165) is 5.56 Å². The molecule has 3 atom stereocenters. The van der Waals surface area contributed by atoms with Gasteiger partial charge in [0.05, 0.1) is 33.1 Å². The zero-order valence-electron chi connectivity index (χ0n) is 25.4. The molecule has 0 saturated carbocycles. The lowest BCUT2D eigenvalue weighted by molar-refractivity contribution is -0.143. The summed E-state index contributed by atoms with van der Waals surface area (Å²) >= 11 is 0. The fraction of sp³-hybridized carbons (Fsp3) is 0.484. The zero-order valence-corrected chi connectivity index (χ0v) is 25.4. The number of carboxylic acids is 1. The molecule has 3 rings (SSSR count). The minimum absolute atomic E-state index is 0.149. The molecule has 1 aliphatic carbocycles. The number of hydrogen-bond donors (Lipinski definition) is 4. The van der Waals surface area contributed by atoms with E-state index < -0.39 is 35.4 Å². The Labute approximate surface area is 245 Å². The van der Waals surface area contributed by atoms with Gasteiger partial charge in [0.1, 0.15) is 12.1 Å².